The van der Waals surface area contributed by atoms with Gasteiger partial charge in [-0.3, -0.25) is 4.79 Å². The number of carbonyl (C=O) groups excluding carboxylic acids is 1. The van der Waals surface area contributed by atoms with Crippen molar-refractivity contribution in [3.8, 4) is 0 Å². The third-order valence-electron chi connectivity index (χ3n) is 1.76. The monoisotopic (exact) mass is 189 g/mol. The molecule has 1 atom stereocenters. The Balaban J connectivity index is 3.71. The molecule has 0 aromatic rings. The number of carbonyl (C=O) groups is 1. The fourth-order valence-corrected chi connectivity index (χ4v) is 1.09. The number of aliphatic hydroxyl groups excluding tert-OH is 1. The summed E-state index contributed by atoms with van der Waals surface area (Å²) in [4.78, 5) is 13.1. The van der Waals surface area contributed by atoms with Crippen molar-refractivity contribution in [2.75, 3.05) is 33.4 Å². The highest BCUT2D eigenvalue weighted by Gasteiger charge is 2.15. The summed E-state index contributed by atoms with van der Waals surface area (Å²) in [5, 5.41) is 8.63. The molecule has 0 aliphatic heterocycles. The van der Waals surface area contributed by atoms with Crippen LogP contribution in [0, 0.1) is 5.92 Å². The Kier molecular flexibility index (Phi) is 6.54. The molecule has 0 fully saturated rings. The standard InChI is InChI=1S/C9H19NO3/c1-4-13-9(12)8(2)7-10(3)5-6-11/h8,11H,4-7H2,1-3H3. The number of hydrogen-bond donors (Lipinski definition) is 1. The lowest BCUT2D eigenvalue weighted by atomic mass is 10.2. The molecule has 1 unspecified atom stereocenters. The van der Waals surface area contributed by atoms with Crippen LogP contribution in [0.3, 0.4) is 0 Å². The average molecular weight is 189 g/mol. The Morgan fingerprint density at radius 1 is 1.62 bits per heavy atom. The minimum absolute atomic E-state index is 0.117. The molecule has 0 spiro atoms. The van der Waals surface area contributed by atoms with E-state index in [1.54, 1.807) is 6.92 Å². The number of esters is 1. The van der Waals surface area contributed by atoms with Crippen LogP contribution in [-0.2, 0) is 9.53 Å². The zero-order valence-corrected chi connectivity index (χ0v) is 8.62. The fourth-order valence-electron chi connectivity index (χ4n) is 1.09. The Hall–Kier alpha value is -0.610. The maximum atomic E-state index is 11.2. The van der Waals surface area contributed by atoms with Gasteiger partial charge in [0.15, 0.2) is 0 Å². The van der Waals surface area contributed by atoms with Gasteiger partial charge in [-0.2, -0.15) is 0 Å². The van der Waals surface area contributed by atoms with Crippen LogP contribution in [-0.4, -0.2) is 49.3 Å². The second-order valence-electron chi connectivity index (χ2n) is 3.14. The third-order valence-corrected chi connectivity index (χ3v) is 1.76. The van der Waals surface area contributed by atoms with Gasteiger partial charge in [0.05, 0.1) is 19.1 Å². The van der Waals surface area contributed by atoms with E-state index in [4.69, 9.17) is 9.84 Å². The molecule has 78 valence electrons. The highest BCUT2D eigenvalue weighted by Crippen LogP contribution is 2.00. The van der Waals surface area contributed by atoms with Crippen molar-refractivity contribution in [1.82, 2.24) is 4.90 Å². The Labute approximate surface area is 79.5 Å². The van der Waals surface area contributed by atoms with Crippen LogP contribution in [0.4, 0.5) is 0 Å². The van der Waals surface area contributed by atoms with Gasteiger partial charge in [0, 0.05) is 13.1 Å². The predicted octanol–water partition coefficient (Wildman–Crippen LogP) is 0.110. The Bertz CT molecular complexity index is 150. The lowest BCUT2D eigenvalue weighted by Gasteiger charge is -2.18. The number of aliphatic hydroxyl groups is 1. The van der Waals surface area contributed by atoms with E-state index in [1.165, 1.54) is 0 Å². The van der Waals surface area contributed by atoms with Crippen LogP contribution >= 0.6 is 0 Å². The first-order valence-electron chi connectivity index (χ1n) is 4.57. The zero-order valence-electron chi connectivity index (χ0n) is 8.62. The second kappa shape index (κ2) is 6.86. The van der Waals surface area contributed by atoms with Gasteiger partial charge in [-0.25, -0.2) is 0 Å². The van der Waals surface area contributed by atoms with E-state index >= 15 is 0 Å². The number of hydrogen-bond acceptors (Lipinski definition) is 4. The Morgan fingerprint density at radius 3 is 2.69 bits per heavy atom. The molecule has 4 nitrogen and oxygen atoms in total. The van der Waals surface area contributed by atoms with Gasteiger partial charge in [-0.15, -0.1) is 0 Å². The van der Waals surface area contributed by atoms with E-state index in [1.807, 2.05) is 18.9 Å². The molecule has 0 aromatic carbocycles. The maximum absolute atomic E-state index is 11.2. The van der Waals surface area contributed by atoms with E-state index in [2.05, 4.69) is 0 Å². The molecule has 0 rings (SSSR count). The van der Waals surface area contributed by atoms with Crippen molar-refractivity contribution >= 4 is 5.97 Å². The molecule has 0 heterocycles. The van der Waals surface area contributed by atoms with E-state index in [-0.39, 0.29) is 18.5 Å². The van der Waals surface area contributed by atoms with Gasteiger partial charge >= 0.3 is 5.97 Å². The van der Waals surface area contributed by atoms with Crippen LogP contribution in [0.2, 0.25) is 0 Å². The minimum atomic E-state index is -0.174. The highest BCUT2D eigenvalue weighted by molar-refractivity contribution is 5.72. The van der Waals surface area contributed by atoms with E-state index < -0.39 is 0 Å². The van der Waals surface area contributed by atoms with Crippen molar-refractivity contribution < 1.29 is 14.6 Å². The quantitative estimate of drug-likeness (QED) is 0.602. The first-order valence-corrected chi connectivity index (χ1v) is 4.57. The van der Waals surface area contributed by atoms with Crippen LogP contribution in [0.1, 0.15) is 13.8 Å². The van der Waals surface area contributed by atoms with Crippen molar-refractivity contribution in [3.63, 3.8) is 0 Å². The molecule has 13 heavy (non-hydrogen) atoms. The Morgan fingerprint density at radius 2 is 2.23 bits per heavy atom. The van der Waals surface area contributed by atoms with Crippen molar-refractivity contribution in [3.05, 3.63) is 0 Å². The average Bonchev–Trinajstić information content (AvgIpc) is 2.05. The van der Waals surface area contributed by atoms with Gasteiger partial charge < -0.3 is 14.7 Å². The molecule has 0 amide bonds. The summed E-state index contributed by atoms with van der Waals surface area (Å²) in [7, 11) is 1.87. The smallest absolute Gasteiger partial charge is 0.309 e. The van der Waals surface area contributed by atoms with Gasteiger partial charge in [0.2, 0.25) is 0 Å². The first-order chi connectivity index (χ1) is 6.11. The number of likely N-dealkylation sites (N-methyl/N-ethyl adjacent to an activating group) is 1. The van der Waals surface area contributed by atoms with Gasteiger partial charge in [-0.1, -0.05) is 6.92 Å². The van der Waals surface area contributed by atoms with Gasteiger partial charge in [0.25, 0.3) is 0 Å². The third kappa shape index (κ3) is 5.60. The largest absolute Gasteiger partial charge is 0.466 e. The van der Waals surface area contributed by atoms with Crippen molar-refractivity contribution in [2.24, 2.45) is 5.92 Å². The number of rotatable bonds is 6. The summed E-state index contributed by atoms with van der Waals surface area (Å²) in [6, 6.07) is 0. The summed E-state index contributed by atoms with van der Waals surface area (Å²) in [5.74, 6) is -0.302. The topological polar surface area (TPSA) is 49.8 Å². The van der Waals surface area contributed by atoms with Gasteiger partial charge in [0.1, 0.15) is 0 Å². The summed E-state index contributed by atoms with van der Waals surface area (Å²) in [5.41, 5.74) is 0. The normalized spacial score (nSPS) is 13.0. The molecular formula is C9H19NO3. The fraction of sp³-hybridized carbons (Fsp3) is 0.889. The van der Waals surface area contributed by atoms with Crippen LogP contribution in [0.25, 0.3) is 0 Å². The minimum Gasteiger partial charge on any atom is -0.466 e. The van der Waals surface area contributed by atoms with E-state index in [9.17, 15) is 4.79 Å². The van der Waals surface area contributed by atoms with Crippen LogP contribution < -0.4 is 0 Å². The molecule has 0 saturated heterocycles. The number of ether oxygens (including phenoxy) is 1. The molecule has 0 radical (unpaired) electrons. The van der Waals surface area contributed by atoms with E-state index in [0.717, 1.165) is 0 Å². The lowest BCUT2D eigenvalue weighted by molar-refractivity contribution is -0.147. The molecule has 0 aliphatic rings. The SMILES string of the molecule is CCOC(=O)C(C)CN(C)CCO. The second-order valence-corrected chi connectivity index (χ2v) is 3.14. The lowest BCUT2D eigenvalue weighted by Crippen LogP contribution is -2.31. The number of nitrogens with zero attached hydrogens (tertiary/aromatic N) is 1. The first kappa shape index (κ1) is 12.4. The van der Waals surface area contributed by atoms with E-state index in [0.29, 0.717) is 19.7 Å². The molecule has 4 heteroatoms. The molecule has 1 N–H and O–H groups in total. The molecule has 0 saturated carbocycles. The highest BCUT2D eigenvalue weighted by atomic mass is 16.5. The van der Waals surface area contributed by atoms with Gasteiger partial charge in [-0.05, 0) is 14.0 Å². The summed E-state index contributed by atoms with van der Waals surface area (Å²) < 4.78 is 4.85. The summed E-state index contributed by atoms with van der Waals surface area (Å²) >= 11 is 0. The van der Waals surface area contributed by atoms with Crippen molar-refractivity contribution in [2.45, 2.75) is 13.8 Å². The van der Waals surface area contributed by atoms with Crippen molar-refractivity contribution in [1.29, 1.82) is 0 Å². The molecule has 0 aliphatic carbocycles. The van der Waals surface area contributed by atoms with Crippen LogP contribution in [0.15, 0.2) is 0 Å². The molecular weight excluding hydrogens is 170 g/mol. The maximum Gasteiger partial charge on any atom is 0.309 e. The summed E-state index contributed by atoms with van der Waals surface area (Å²) in [6.07, 6.45) is 0. The predicted molar refractivity (Wildman–Crippen MR) is 50.4 cm³/mol. The molecule has 0 bridgehead atoms. The summed E-state index contributed by atoms with van der Waals surface area (Å²) in [6.45, 7) is 5.37. The molecule has 0 aromatic heterocycles. The zero-order chi connectivity index (χ0) is 10.3. The van der Waals surface area contributed by atoms with Crippen LogP contribution in [0.5, 0.6) is 0 Å².